The molecule has 0 aromatic carbocycles. The summed E-state index contributed by atoms with van der Waals surface area (Å²) in [5.74, 6) is -0.646. The molecule has 0 fully saturated rings. The van der Waals surface area contributed by atoms with E-state index < -0.39 is 5.91 Å². The van der Waals surface area contributed by atoms with Gasteiger partial charge >= 0.3 is 0 Å². The average molecular weight is 111 g/mol. The standard InChI is InChI=1S/C4H5N3O/c1-3(6)4(8)7-2-5/h1,6H2,(H,7,8). The molecule has 0 atom stereocenters. The molecular formula is C4H5N3O. The molecule has 3 N–H and O–H groups in total. The number of carbonyl (C=O) groups is 1. The minimum absolute atomic E-state index is 0.161. The number of nitriles is 1. The Hall–Kier alpha value is -1.50. The van der Waals surface area contributed by atoms with Crippen molar-refractivity contribution >= 4 is 5.91 Å². The summed E-state index contributed by atoms with van der Waals surface area (Å²) in [6.07, 6.45) is 1.41. The van der Waals surface area contributed by atoms with Crippen molar-refractivity contribution in [1.82, 2.24) is 5.32 Å². The van der Waals surface area contributed by atoms with E-state index in [2.05, 4.69) is 6.58 Å². The molecule has 0 unspecified atom stereocenters. The second kappa shape index (κ2) is 2.64. The summed E-state index contributed by atoms with van der Waals surface area (Å²) >= 11 is 0. The van der Waals surface area contributed by atoms with Gasteiger partial charge in [0.1, 0.15) is 0 Å². The van der Waals surface area contributed by atoms with Crippen molar-refractivity contribution in [2.75, 3.05) is 0 Å². The van der Waals surface area contributed by atoms with E-state index in [0.717, 1.165) is 0 Å². The molecule has 42 valence electrons. The summed E-state index contributed by atoms with van der Waals surface area (Å²) in [5, 5.41) is 9.59. The first kappa shape index (κ1) is 6.50. The van der Waals surface area contributed by atoms with Gasteiger partial charge in [0.05, 0.1) is 5.70 Å². The maximum absolute atomic E-state index is 10.2. The molecule has 0 radical (unpaired) electrons. The lowest BCUT2D eigenvalue weighted by Crippen LogP contribution is -2.23. The fourth-order valence-electron chi connectivity index (χ4n) is 0.131. The first-order valence-electron chi connectivity index (χ1n) is 1.82. The van der Waals surface area contributed by atoms with E-state index in [9.17, 15) is 4.79 Å². The Morgan fingerprint density at radius 2 is 2.38 bits per heavy atom. The van der Waals surface area contributed by atoms with E-state index in [-0.39, 0.29) is 5.70 Å². The third-order valence-electron chi connectivity index (χ3n) is 0.461. The van der Waals surface area contributed by atoms with Crippen molar-refractivity contribution < 1.29 is 4.79 Å². The Bertz CT molecular complexity index is 155. The summed E-state index contributed by atoms with van der Waals surface area (Å²) in [4.78, 5) is 10.2. The third-order valence-corrected chi connectivity index (χ3v) is 0.461. The van der Waals surface area contributed by atoms with Gasteiger partial charge in [0.2, 0.25) is 0 Å². The van der Waals surface area contributed by atoms with Crippen LogP contribution in [-0.2, 0) is 4.79 Å². The Kier molecular flexibility index (Phi) is 2.14. The van der Waals surface area contributed by atoms with Gasteiger partial charge in [-0.2, -0.15) is 5.26 Å². The highest BCUT2D eigenvalue weighted by molar-refractivity contribution is 5.92. The van der Waals surface area contributed by atoms with E-state index in [4.69, 9.17) is 11.0 Å². The molecule has 0 aliphatic heterocycles. The van der Waals surface area contributed by atoms with Crippen LogP contribution in [-0.4, -0.2) is 5.91 Å². The van der Waals surface area contributed by atoms with Crippen LogP contribution in [0.2, 0.25) is 0 Å². The molecule has 0 heterocycles. The van der Waals surface area contributed by atoms with E-state index in [1.807, 2.05) is 0 Å². The number of rotatable bonds is 1. The zero-order valence-corrected chi connectivity index (χ0v) is 4.14. The second-order valence-electron chi connectivity index (χ2n) is 1.09. The summed E-state index contributed by atoms with van der Waals surface area (Å²) < 4.78 is 0. The highest BCUT2D eigenvalue weighted by Gasteiger charge is 1.96. The molecule has 0 aromatic rings. The maximum Gasteiger partial charge on any atom is 0.279 e. The zero-order chi connectivity index (χ0) is 6.57. The van der Waals surface area contributed by atoms with Gasteiger partial charge in [-0.25, -0.2) is 0 Å². The maximum atomic E-state index is 10.2. The fraction of sp³-hybridized carbons (Fsp3) is 0. The first-order valence-corrected chi connectivity index (χ1v) is 1.82. The van der Waals surface area contributed by atoms with Gasteiger partial charge in [0.15, 0.2) is 6.19 Å². The summed E-state index contributed by atoms with van der Waals surface area (Å²) in [6.45, 7) is 3.09. The van der Waals surface area contributed by atoms with Crippen LogP contribution >= 0.6 is 0 Å². The molecule has 0 aromatic heterocycles. The van der Waals surface area contributed by atoms with Crippen LogP contribution in [0.3, 0.4) is 0 Å². The normalized spacial score (nSPS) is 6.88. The Morgan fingerprint density at radius 3 is 2.50 bits per heavy atom. The highest BCUT2D eigenvalue weighted by Crippen LogP contribution is 1.71. The Labute approximate surface area is 46.6 Å². The van der Waals surface area contributed by atoms with Gasteiger partial charge in [0.25, 0.3) is 5.91 Å². The predicted octanol–water partition coefficient (Wildman–Crippen LogP) is -0.944. The number of nitrogens with two attached hydrogens (primary N) is 1. The predicted molar refractivity (Wildman–Crippen MR) is 27.1 cm³/mol. The molecule has 0 saturated carbocycles. The molecule has 1 amide bonds. The Balaban J connectivity index is 3.71. The minimum atomic E-state index is -0.646. The molecule has 0 aliphatic carbocycles. The SMILES string of the molecule is C=C(N)C(=O)NC#N. The fourth-order valence-corrected chi connectivity index (χ4v) is 0.131. The molecular weight excluding hydrogens is 106 g/mol. The molecule has 0 bridgehead atoms. The first-order chi connectivity index (χ1) is 3.68. The quantitative estimate of drug-likeness (QED) is 0.260. The summed E-state index contributed by atoms with van der Waals surface area (Å²) in [6, 6.07) is 0. The number of carbonyl (C=O) groups excluding carboxylic acids is 1. The van der Waals surface area contributed by atoms with Gasteiger partial charge in [-0.05, 0) is 0 Å². The van der Waals surface area contributed by atoms with Crippen molar-refractivity contribution in [2.45, 2.75) is 0 Å². The number of nitrogens with zero attached hydrogens (tertiary/aromatic N) is 1. The van der Waals surface area contributed by atoms with Gasteiger partial charge < -0.3 is 5.73 Å². The monoisotopic (exact) mass is 111 g/mol. The number of hydrogen-bond donors (Lipinski definition) is 2. The topological polar surface area (TPSA) is 78.9 Å². The van der Waals surface area contributed by atoms with Crippen LogP contribution < -0.4 is 11.1 Å². The number of hydrogen-bond acceptors (Lipinski definition) is 3. The number of amides is 1. The van der Waals surface area contributed by atoms with Gasteiger partial charge in [-0.15, -0.1) is 0 Å². The van der Waals surface area contributed by atoms with Crippen LogP contribution in [0.15, 0.2) is 12.3 Å². The summed E-state index contributed by atoms with van der Waals surface area (Å²) in [5.41, 5.74) is 4.70. The average Bonchev–Trinajstić information content (AvgIpc) is 1.67. The van der Waals surface area contributed by atoms with E-state index in [0.29, 0.717) is 0 Å². The van der Waals surface area contributed by atoms with Crippen LogP contribution in [0.25, 0.3) is 0 Å². The third kappa shape index (κ3) is 1.82. The Morgan fingerprint density at radius 1 is 1.88 bits per heavy atom. The molecule has 0 aliphatic rings. The van der Waals surface area contributed by atoms with Crippen molar-refractivity contribution in [3.63, 3.8) is 0 Å². The van der Waals surface area contributed by atoms with Crippen molar-refractivity contribution in [2.24, 2.45) is 5.73 Å². The van der Waals surface area contributed by atoms with Gasteiger partial charge in [-0.3, -0.25) is 10.1 Å². The molecule has 4 nitrogen and oxygen atoms in total. The van der Waals surface area contributed by atoms with E-state index in [1.165, 1.54) is 6.19 Å². The largest absolute Gasteiger partial charge is 0.395 e. The van der Waals surface area contributed by atoms with Crippen molar-refractivity contribution in [3.8, 4) is 6.19 Å². The van der Waals surface area contributed by atoms with Crippen LogP contribution in [0.5, 0.6) is 0 Å². The second-order valence-corrected chi connectivity index (χ2v) is 1.09. The molecule has 0 rings (SSSR count). The van der Waals surface area contributed by atoms with Crippen molar-refractivity contribution in [3.05, 3.63) is 12.3 Å². The lowest BCUT2D eigenvalue weighted by Gasteiger charge is -1.89. The lowest BCUT2D eigenvalue weighted by atomic mass is 10.5. The van der Waals surface area contributed by atoms with E-state index in [1.54, 1.807) is 5.32 Å². The van der Waals surface area contributed by atoms with Crippen LogP contribution in [0, 0.1) is 11.5 Å². The molecule has 0 saturated heterocycles. The number of nitrogens with one attached hydrogen (secondary N) is 1. The van der Waals surface area contributed by atoms with Crippen LogP contribution in [0.4, 0.5) is 0 Å². The molecule has 8 heavy (non-hydrogen) atoms. The highest BCUT2D eigenvalue weighted by atomic mass is 16.1. The van der Waals surface area contributed by atoms with Crippen molar-refractivity contribution in [1.29, 1.82) is 5.26 Å². The van der Waals surface area contributed by atoms with Crippen LogP contribution in [0.1, 0.15) is 0 Å². The molecule has 4 heteroatoms. The summed E-state index contributed by atoms with van der Waals surface area (Å²) in [7, 11) is 0. The molecule has 0 spiro atoms. The smallest absolute Gasteiger partial charge is 0.279 e. The van der Waals surface area contributed by atoms with Gasteiger partial charge in [-0.1, -0.05) is 6.58 Å². The zero-order valence-electron chi connectivity index (χ0n) is 4.14. The minimum Gasteiger partial charge on any atom is -0.395 e. The lowest BCUT2D eigenvalue weighted by molar-refractivity contribution is -0.116. The van der Waals surface area contributed by atoms with Gasteiger partial charge in [0, 0.05) is 0 Å². The van der Waals surface area contributed by atoms with E-state index >= 15 is 0 Å².